The van der Waals surface area contributed by atoms with Crippen molar-refractivity contribution in [3.05, 3.63) is 64.8 Å². The third-order valence-electron chi connectivity index (χ3n) is 3.23. The number of hydrogen-bond acceptors (Lipinski definition) is 3. The number of benzene rings is 2. The quantitative estimate of drug-likeness (QED) is 0.644. The van der Waals surface area contributed by atoms with E-state index in [0.29, 0.717) is 5.15 Å². The van der Waals surface area contributed by atoms with Crippen molar-refractivity contribution >= 4 is 34.1 Å². The van der Waals surface area contributed by atoms with Crippen LogP contribution in [-0.2, 0) is 5.75 Å². The minimum atomic E-state index is 0.459. The Hall–Kier alpha value is -1.58. The van der Waals surface area contributed by atoms with E-state index in [1.165, 1.54) is 11.1 Å². The second kappa shape index (κ2) is 5.81. The molecule has 1 aromatic heterocycles. The highest BCUT2D eigenvalue weighted by Crippen LogP contribution is 2.31. The van der Waals surface area contributed by atoms with Crippen LogP contribution in [0.4, 0.5) is 0 Å². The molecule has 0 saturated carbocycles. The van der Waals surface area contributed by atoms with Crippen LogP contribution in [0.25, 0.3) is 10.8 Å². The van der Waals surface area contributed by atoms with E-state index in [1.54, 1.807) is 11.8 Å². The number of halogens is 1. The maximum atomic E-state index is 6.09. The Balaban J connectivity index is 1.92. The van der Waals surface area contributed by atoms with Crippen molar-refractivity contribution in [2.45, 2.75) is 17.7 Å². The molecule has 0 N–H and O–H groups in total. The first kappa shape index (κ1) is 13.4. The lowest BCUT2D eigenvalue weighted by molar-refractivity contribution is 0.956. The number of aryl methyl sites for hydroxylation is 1. The molecule has 3 rings (SSSR count). The molecule has 4 heteroatoms. The van der Waals surface area contributed by atoms with Crippen LogP contribution < -0.4 is 0 Å². The van der Waals surface area contributed by atoms with E-state index >= 15 is 0 Å². The highest BCUT2D eigenvalue weighted by atomic mass is 35.5. The van der Waals surface area contributed by atoms with Gasteiger partial charge in [-0.1, -0.05) is 71.9 Å². The molecule has 0 amide bonds. The number of fused-ring (bicyclic) bond motifs is 1. The lowest BCUT2D eigenvalue weighted by Gasteiger charge is -2.07. The summed E-state index contributed by atoms with van der Waals surface area (Å²) in [6.45, 7) is 2.13. The van der Waals surface area contributed by atoms with Gasteiger partial charge in [-0.05, 0) is 18.1 Å². The van der Waals surface area contributed by atoms with Crippen molar-refractivity contribution in [3.8, 4) is 0 Å². The van der Waals surface area contributed by atoms with Gasteiger partial charge in [0.1, 0.15) is 5.03 Å². The summed E-state index contributed by atoms with van der Waals surface area (Å²) in [6, 6.07) is 16.4. The van der Waals surface area contributed by atoms with E-state index in [2.05, 4.69) is 41.4 Å². The SMILES string of the molecule is Cc1ccccc1CSc1nnc(Cl)c2ccccc12. The fraction of sp³-hybridized carbons (Fsp3) is 0.125. The molecule has 0 aliphatic heterocycles. The molecule has 2 nitrogen and oxygen atoms in total. The van der Waals surface area contributed by atoms with Gasteiger partial charge in [-0.15, -0.1) is 10.2 Å². The predicted molar refractivity (Wildman–Crippen MR) is 85.3 cm³/mol. The minimum absolute atomic E-state index is 0.459. The Kier molecular flexibility index (Phi) is 3.90. The zero-order chi connectivity index (χ0) is 13.9. The largest absolute Gasteiger partial charge is 0.159 e. The third-order valence-corrected chi connectivity index (χ3v) is 4.54. The van der Waals surface area contributed by atoms with Crippen LogP contribution in [0, 0.1) is 6.92 Å². The van der Waals surface area contributed by atoms with Gasteiger partial charge in [0.05, 0.1) is 0 Å². The van der Waals surface area contributed by atoms with Crippen LogP contribution in [-0.4, -0.2) is 10.2 Å². The molecule has 0 radical (unpaired) electrons. The van der Waals surface area contributed by atoms with Crippen molar-refractivity contribution in [1.82, 2.24) is 10.2 Å². The Labute approximate surface area is 127 Å². The molecule has 0 aliphatic carbocycles. The van der Waals surface area contributed by atoms with Crippen molar-refractivity contribution in [2.24, 2.45) is 0 Å². The minimum Gasteiger partial charge on any atom is -0.142 e. The molecule has 2 aromatic carbocycles. The van der Waals surface area contributed by atoms with Gasteiger partial charge in [0.2, 0.25) is 0 Å². The number of aromatic nitrogens is 2. The Morgan fingerprint density at radius 1 is 0.950 bits per heavy atom. The number of thioether (sulfide) groups is 1. The normalized spacial score (nSPS) is 10.9. The fourth-order valence-corrected chi connectivity index (χ4v) is 3.32. The monoisotopic (exact) mass is 300 g/mol. The van der Waals surface area contributed by atoms with Gasteiger partial charge >= 0.3 is 0 Å². The van der Waals surface area contributed by atoms with Gasteiger partial charge in [0, 0.05) is 16.5 Å². The molecule has 20 heavy (non-hydrogen) atoms. The molecule has 0 saturated heterocycles. The van der Waals surface area contributed by atoms with Crippen molar-refractivity contribution in [2.75, 3.05) is 0 Å². The highest BCUT2D eigenvalue weighted by Gasteiger charge is 2.08. The Morgan fingerprint density at radius 3 is 2.45 bits per heavy atom. The molecule has 3 aromatic rings. The maximum Gasteiger partial charge on any atom is 0.159 e. The highest BCUT2D eigenvalue weighted by molar-refractivity contribution is 7.98. The van der Waals surface area contributed by atoms with Gasteiger partial charge in [-0.25, -0.2) is 0 Å². The summed E-state index contributed by atoms with van der Waals surface area (Å²) in [6.07, 6.45) is 0. The van der Waals surface area contributed by atoms with E-state index in [-0.39, 0.29) is 0 Å². The summed E-state index contributed by atoms with van der Waals surface area (Å²) >= 11 is 7.78. The number of nitrogens with zero attached hydrogens (tertiary/aromatic N) is 2. The summed E-state index contributed by atoms with van der Waals surface area (Å²) in [5, 5.41) is 11.7. The zero-order valence-electron chi connectivity index (χ0n) is 11.0. The Morgan fingerprint density at radius 2 is 1.65 bits per heavy atom. The van der Waals surface area contributed by atoms with E-state index in [0.717, 1.165) is 21.6 Å². The standard InChI is InChI=1S/C16H13ClN2S/c1-11-6-2-3-7-12(11)10-20-16-14-9-5-4-8-13(14)15(17)18-19-16/h2-9H,10H2,1H3. The summed E-state index contributed by atoms with van der Waals surface area (Å²) in [4.78, 5) is 0. The average Bonchev–Trinajstić information content (AvgIpc) is 2.48. The van der Waals surface area contributed by atoms with Gasteiger partial charge < -0.3 is 0 Å². The van der Waals surface area contributed by atoms with E-state index in [4.69, 9.17) is 11.6 Å². The molecule has 0 aliphatic rings. The first-order chi connectivity index (χ1) is 9.75. The van der Waals surface area contributed by atoms with Gasteiger partial charge in [-0.3, -0.25) is 0 Å². The molecule has 0 unspecified atom stereocenters. The van der Waals surface area contributed by atoms with E-state index in [9.17, 15) is 0 Å². The van der Waals surface area contributed by atoms with Crippen LogP contribution in [0.2, 0.25) is 5.15 Å². The second-order valence-electron chi connectivity index (χ2n) is 4.56. The smallest absolute Gasteiger partial charge is 0.142 e. The zero-order valence-corrected chi connectivity index (χ0v) is 12.6. The average molecular weight is 301 g/mol. The van der Waals surface area contributed by atoms with E-state index in [1.807, 2.05) is 24.3 Å². The first-order valence-corrected chi connectivity index (χ1v) is 7.70. The van der Waals surface area contributed by atoms with Crippen LogP contribution in [0.5, 0.6) is 0 Å². The molecule has 1 heterocycles. The van der Waals surface area contributed by atoms with E-state index < -0.39 is 0 Å². The molecular formula is C16H13ClN2S. The predicted octanol–water partition coefficient (Wildman–Crippen LogP) is 4.88. The van der Waals surface area contributed by atoms with Crippen molar-refractivity contribution in [3.63, 3.8) is 0 Å². The number of rotatable bonds is 3. The lowest BCUT2D eigenvalue weighted by atomic mass is 10.1. The molecular weight excluding hydrogens is 288 g/mol. The maximum absolute atomic E-state index is 6.09. The molecule has 0 spiro atoms. The summed E-state index contributed by atoms with van der Waals surface area (Å²) in [5.41, 5.74) is 2.62. The van der Waals surface area contributed by atoms with Crippen molar-refractivity contribution < 1.29 is 0 Å². The topological polar surface area (TPSA) is 25.8 Å². The molecule has 100 valence electrons. The fourth-order valence-electron chi connectivity index (χ4n) is 2.07. The lowest BCUT2D eigenvalue weighted by Crippen LogP contribution is -1.91. The van der Waals surface area contributed by atoms with Gasteiger partial charge in [0.25, 0.3) is 0 Å². The molecule has 0 atom stereocenters. The molecule has 0 fully saturated rings. The van der Waals surface area contributed by atoms with Crippen LogP contribution in [0.1, 0.15) is 11.1 Å². The third kappa shape index (κ3) is 2.65. The molecule has 0 bridgehead atoms. The van der Waals surface area contributed by atoms with Crippen LogP contribution >= 0.6 is 23.4 Å². The second-order valence-corrected chi connectivity index (χ2v) is 5.88. The van der Waals surface area contributed by atoms with Crippen LogP contribution in [0.3, 0.4) is 0 Å². The number of hydrogen-bond donors (Lipinski definition) is 0. The summed E-state index contributed by atoms with van der Waals surface area (Å²) in [7, 11) is 0. The summed E-state index contributed by atoms with van der Waals surface area (Å²) < 4.78 is 0. The van der Waals surface area contributed by atoms with Gasteiger partial charge in [-0.2, -0.15) is 0 Å². The van der Waals surface area contributed by atoms with Crippen molar-refractivity contribution in [1.29, 1.82) is 0 Å². The first-order valence-electron chi connectivity index (χ1n) is 6.34. The Bertz CT molecular complexity index is 758. The van der Waals surface area contributed by atoms with Gasteiger partial charge in [0.15, 0.2) is 5.15 Å². The summed E-state index contributed by atoms with van der Waals surface area (Å²) in [5.74, 6) is 0.882. The van der Waals surface area contributed by atoms with Crippen LogP contribution in [0.15, 0.2) is 53.6 Å².